The highest BCUT2D eigenvalue weighted by atomic mass is 35.5. The maximum Gasteiger partial charge on any atom is 0.131 e. The molecule has 25 heavy (non-hydrogen) atoms. The molecule has 0 spiro atoms. The average molecular weight is 392 g/mol. The molecule has 132 valence electrons. The summed E-state index contributed by atoms with van der Waals surface area (Å²) in [4.78, 5) is 7.21. The van der Waals surface area contributed by atoms with Crippen molar-refractivity contribution in [2.45, 2.75) is 50.6 Å². The van der Waals surface area contributed by atoms with Crippen LogP contribution in [-0.4, -0.2) is 11.0 Å². The van der Waals surface area contributed by atoms with Gasteiger partial charge in [0.2, 0.25) is 0 Å². The summed E-state index contributed by atoms with van der Waals surface area (Å²) in [5, 5.41) is 6.17. The summed E-state index contributed by atoms with van der Waals surface area (Å²) in [7, 11) is 0. The number of anilines is 1. The molecule has 4 rings (SSSR count). The topological polar surface area (TPSA) is 50.9 Å². The first-order valence-electron chi connectivity index (χ1n) is 8.82. The highest BCUT2D eigenvalue weighted by Gasteiger charge is 2.24. The highest BCUT2D eigenvalue weighted by molar-refractivity contribution is 7.19. The van der Waals surface area contributed by atoms with Crippen molar-refractivity contribution in [1.82, 2.24) is 4.98 Å². The molecule has 2 atom stereocenters. The van der Waals surface area contributed by atoms with Gasteiger partial charge in [0.15, 0.2) is 0 Å². The van der Waals surface area contributed by atoms with Crippen molar-refractivity contribution in [2.24, 2.45) is 5.73 Å². The van der Waals surface area contributed by atoms with Gasteiger partial charge in [0, 0.05) is 34.3 Å². The lowest BCUT2D eigenvalue weighted by atomic mass is 9.94. The number of pyridine rings is 1. The summed E-state index contributed by atoms with van der Waals surface area (Å²) in [5.41, 5.74) is 8.52. The number of hydrogen-bond donors (Lipinski definition) is 2. The molecule has 0 saturated heterocycles. The Morgan fingerprint density at radius 1 is 1.24 bits per heavy atom. The summed E-state index contributed by atoms with van der Waals surface area (Å²) >= 11 is 9.85. The van der Waals surface area contributed by atoms with Gasteiger partial charge in [0.05, 0.1) is 15.9 Å². The summed E-state index contributed by atoms with van der Waals surface area (Å²) in [6.45, 7) is 0.809. The van der Waals surface area contributed by atoms with Crippen LogP contribution >= 0.6 is 34.3 Å². The van der Waals surface area contributed by atoms with Gasteiger partial charge < -0.3 is 11.1 Å². The Kier molecular flexibility index (Phi) is 5.27. The van der Waals surface area contributed by atoms with Crippen molar-refractivity contribution in [2.75, 3.05) is 5.32 Å². The van der Waals surface area contributed by atoms with Crippen LogP contribution in [0.15, 0.2) is 29.6 Å². The average Bonchev–Trinajstić information content (AvgIpc) is 3.20. The number of halogens is 1. The first kappa shape index (κ1) is 17.3. The third-order valence-corrected chi connectivity index (χ3v) is 7.29. The van der Waals surface area contributed by atoms with Crippen LogP contribution in [0.3, 0.4) is 0 Å². The fraction of sp³-hybridized carbons (Fsp3) is 0.421. The summed E-state index contributed by atoms with van der Waals surface area (Å²) in [6.07, 6.45) is 6.12. The second kappa shape index (κ2) is 7.62. The molecule has 3 aromatic heterocycles. The van der Waals surface area contributed by atoms with Crippen molar-refractivity contribution in [3.8, 4) is 0 Å². The molecule has 2 unspecified atom stereocenters. The van der Waals surface area contributed by atoms with Crippen molar-refractivity contribution < 1.29 is 0 Å². The van der Waals surface area contributed by atoms with Gasteiger partial charge >= 0.3 is 0 Å². The Hall–Kier alpha value is -1.14. The number of thiophene rings is 2. The molecule has 3 heterocycles. The molecule has 0 aliphatic heterocycles. The zero-order valence-electron chi connectivity index (χ0n) is 14.0. The maximum absolute atomic E-state index is 6.47. The molecular formula is C19H22ClN3S2. The second-order valence-electron chi connectivity index (χ2n) is 6.70. The number of aromatic nitrogens is 1. The minimum Gasteiger partial charge on any atom is -0.379 e. The van der Waals surface area contributed by atoms with E-state index in [4.69, 9.17) is 17.3 Å². The monoisotopic (exact) mass is 391 g/mol. The van der Waals surface area contributed by atoms with Crippen LogP contribution in [0.5, 0.6) is 0 Å². The normalized spacial score (nSPS) is 21.4. The van der Waals surface area contributed by atoms with E-state index in [9.17, 15) is 0 Å². The van der Waals surface area contributed by atoms with E-state index in [-0.39, 0.29) is 6.04 Å². The fourth-order valence-corrected chi connectivity index (χ4v) is 5.75. The molecule has 1 aliphatic rings. The van der Waals surface area contributed by atoms with Crippen LogP contribution in [0.1, 0.15) is 47.8 Å². The standard InChI is InChI=1S/C19H22ClN3S2/c20-18-10-15(22-11-12-5-4-8-24-12)19-16(23-18)9-17(25-19)13-6-2-1-3-7-14(13)21/h4-5,8-10,13-14H,1-3,6-7,11,21H2,(H,22,23). The molecular weight excluding hydrogens is 370 g/mol. The number of nitrogens with one attached hydrogen (secondary N) is 1. The van der Waals surface area contributed by atoms with Crippen LogP contribution in [0, 0.1) is 0 Å². The minimum atomic E-state index is 0.258. The van der Waals surface area contributed by atoms with E-state index >= 15 is 0 Å². The Labute approximate surface area is 161 Å². The van der Waals surface area contributed by atoms with Crippen LogP contribution < -0.4 is 11.1 Å². The smallest absolute Gasteiger partial charge is 0.131 e. The van der Waals surface area contributed by atoms with Crippen LogP contribution in [-0.2, 0) is 6.54 Å². The zero-order chi connectivity index (χ0) is 17.2. The van der Waals surface area contributed by atoms with E-state index in [1.165, 1.54) is 40.1 Å². The fourth-order valence-electron chi connectivity index (χ4n) is 3.61. The molecule has 1 fully saturated rings. The predicted molar refractivity (Wildman–Crippen MR) is 110 cm³/mol. The van der Waals surface area contributed by atoms with Gasteiger partial charge in [-0.05, 0) is 30.4 Å². The van der Waals surface area contributed by atoms with Crippen molar-refractivity contribution in [3.05, 3.63) is 44.6 Å². The highest BCUT2D eigenvalue weighted by Crippen LogP contribution is 2.40. The van der Waals surface area contributed by atoms with Crippen LogP contribution in [0.25, 0.3) is 10.2 Å². The van der Waals surface area contributed by atoms with Gasteiger partial charge in [-0.1, -0.05) is 36.9 Å². The summed E-state index contributed by atoms with van der Waals surface area (Å²) in [6, 6.07) is 8.62. The second-order valence-corrected chi connectivity index (χ2v) is 9.20. The molecule has 0 bridgehead atoms. The number of nitrogens with zero attached hydrogens (tertiary/aromatic N) is 1. The molecule has 0 amide bonds. The molecule has 1 saturated carbocycles. The first-order chi connectivity index (χ1) is 12.2. The van der Waals surface area contributed by atoms with E-state index in [1.807, 2.05) is 17.4 Å². The van der Waals surface area contributed by atoms with Crippen LogP contribution in [0.4, 0.5) is 5.69 Å². The summed E-state index contributed by atoms with van der Waals surface area (Å²) in [5.74, 6) is 0.450. The Morgan fingerprint density at radius 2 is 2.12 bits per heavy atom. The van der Waals surface area contributed by atoms with Gasteiger partial charge in [-0.15, -0.1) is 22.7 Å². The van der Waals surface area contributed by atoms with Gasteiger partial charge in [-0.2, -0.15) is 0 Å². The van der Waals surface area contributed by atoms with Gasteiger partial charge in [-0.25, -0.2) is 4.98 Å². The van der Waals surface area contributed by atoms with Crippen molar-refractivity contribution in [1.29, 1.82) is 0 Å². The third-order valence-electron chi connectivity index (χ3n) is 4.93. The summed E-state index contributed by atoms with van der Waals surface area (Å²) < 4.78 is 1.19. The molecule has 0 radical (unpaired) electrons. The molecule has 3 N–H and O–H groups in total. The predicted octanol–water partition coefficient (Wildman–Crippen LogP) is 6.00. The largest absolute Gasteiger partial charge is 0.379 e. The number of fused-ring (bicyclic) bond motifs is 1. The Bertz CT molecular complexity index is 844. The lowest BCUT2D eigenvalue weighted by molar-refractivity contribution is 0.512. The molecule has 1 aliphatic carbocycles. The van der Waals surface area contributed by atoms with Gasteiger partial charge in [0.25, 0.3) is 0 Å². The van der Waals surface area contributed by atoms with Crippen molar-refractivity contribution in [3.63, 3.8) is 0 Å². The lowest BCUT2D eigenvalue weighted by Crippen LogP contribution is -2.26. The van der Waals surface area contributed by atoms with E-state index in [1.54, 1.807) is 11.3 Å². The minimum absolute atomic E-state index is 0.258. The SMILES string of the molecule is NC1CCCCCC1c1cc2nc(Cl)cc(NCc3cccs3)c2s1. The van der Waals surface area contributed by atoms with Gasteiger partial charge in [-0.3, -0.25) is 0 Å². The molecule has 3 nitrogen and oxygen atoms in total. The third kappa shape index (κ3) is 3.85. The number of hydrogen-bond acceptors (Lipinski definition) is 5. The van der Waals surface area contributed by atoms with E-state index in [2.05, 4.69) is 33.9 Å². The molecule has 0 aromatic carbocycles. The number of rotatable bonds is 4. The first-order valence-corrected chi connectivity index (χ1v) is 10.9. The molecule has 3 aromatic rings. The van der Waals surface area contributed by atoms with Crippen LogP contribution in [0.2, 0.25) is 5.15 Å². The van der Waals surface area contributed by atoms with Crippen molar-refractivity contribution >= 4 is 50.2 Å². The Balaban J connectivity index is 1.65. The Morgan fingerprint density at radius 3 is 2.96 bits per heavy atom. The van der Waals surface area contributed by atoms with E-state index in [0.29, 0.717) is 11.1 Å². The van der Waals surface area contributed by atoms with E-state index < -0.39 is 0 Å². The maximum atomic E-state index is 6.47. The number of nitrogens with two attached hydrogens (primary N) is 1. The lowest BCUT2D eigenvalue weighted by Gasteiger charge is -2.19. The van der Waals surface area contributed by atoms with E-state index in [0.717, 1.165) is 24.2 Å². The molecule has 6 heteroatoms. The zero-order valence-corrected chi connectivity index (χ0v) is 16.4. The quantitative estimate of drug-likeness (QED) is 0.423. The van der Waals surface area contributed by atoms with Gasteiger partial charge in [0.1, 0.15) is 5.15 Å².